The van der Waals surface area contributed by atoms with E-state index < -0.39 is 0 Å². The molecule has 0 aliphatic rings. The Bertz CT molecular complexity index is 1350. The van der Waals surface area contributed by atoms with Crippen LogP contribution in [-0.4, -0.2) is 39.1 Å². The van der Waals surface area contributed by atoms with Crippen molar-refractivity contribution >= 4 is 44.0 Å². The number of aromatic nitrogens is 3. The molecule has 0 fully saturated rings. The number of anilines is 2. The largest absolute Gasteiger partial charge is 0.347 e. The first-order chi connectivity index (χ1) is 16.2. The molecule has 0 unspecified atom stereocenters. The number of hydrogen-bond acceptors (Lipinski definition) is 5. The molecule has 0 spiro atoms. The molecule has 0 aliphatic carbocycles. The normalized spacial score (nSPS) is 11.6. The lowest BCUT2D eigenvalue weighted by molar-refractivity contribution is 0.294. The number of benzene rings is 2. The van der Waals surface area contributed by atoms with Gasteiger partial charge in [0, 0.05) is 34.2 Å². The van der Waals surface area contributed by atoms with Gasteiger partial charge in [-0.05, 0) is 62.0 Å². The average Bonchev–Trinajstić information content (AvgIpc) is 3.47. The predicted molar refractivity (Wildman–Crippen MR) is 140 cm³/mol. The third kappa shape index (κ3) is 4.63. The SMILES string of the molecule is CCN(CC)CCCn1ccc2cc(Nc3ncnc4cc(-c5ccccc5)sc34)ccc21. The van der Waals surface area contributed by atoms with E-state index in [0.29, 0.717) is 0 Å². The van der Waals surface area contributed by atoms with Crippen LogP contribution in [0.2, 0.25) is 0 Å². The van der Waals surface area contributed by atoms with Crippen molar-refractivity contribution in [3.63, 3.8) is 0 Å². The van der Waals surface area contributed by atoms with Gasteiger partial charge in [-0.2, -0.15) is 0 Å². The van der Waals surface area contributed by atoms with Crippen molar-refractivity contribution < 1.29 is 0 Å². The zero-order chi connectivity index (χ0) is 22.6. The molecule has 5 rings (SSSR count). The smallest absolute Gasteiger partial charge is 0.151 e. The molecular weight excluding hydrogens is 426 g/mol. The Balaban J connectivity index is 1.36. The second-order valence-electron chi connectivity index (χ2n) is 8.20. The summed E-state index contributed by atoms with van der Waals surface area (Å²) in [7, 11) is 0. The number of rotatable bonds is 9. The fraction of sp³-hybridized carbons (Fsp3) is 0.259. The first-order valence-corrected chi connectivity index (χ1v) is 12.4. The topological polar surface area (TPSA) is 46.0 Å². The lowest BCUT2D eigenvalue weighted by Gasteiger charge is -2.18. The molecule has 0 atom stereocenters. The van der Waals surface area contributed by atoms with Gasteiger partial charge in [0.2, 0.25) is 0 Å². The molecule has 5 aromatic rings. The van der Waals surface area contributed by atoms with E-state index in [1.54, 1.807) is 17.7 Å². The van der Waals surface area contributed by atoms with Crippen LogP contribution >= 0.6 is 11.3 Å². The first kappa shape index (κ1) is 21.6. The third-order valence-electron chi connectivity index (χ3n) is 6.17. The summed E-state index contributed by atoms with van der Waals surface area (Å²) < 4.78 is 3.43. The molecule has 6 heteroatoms. The van der Waals surface area contributed by atoms with Crippen LogP contribution in [0.1, 0.15) is 20.3 Å². The minimum Gasteiger partial charge on any atom is -0.347 e. The summed E-state index contributed by atoms with van der Waals surface area (Å²) in [6.07, 6.45) is 4.99. The molecule has 0 saturated carbocycles. The molecule has 5 nitrogen and oxygen atoms in total. The van der Waals surface area contributed by atoms with Gasteiger partial charge in [-0.25, -0.2) is 9.97 Å². The van der Waals surface area contributed by atoms with E-state index in [-0.39, 0.29) is 0 Å². The Morgan fingerprint density at radius 3 is 2.64 bits per heavy atom. The summed E-state index contributed by atoms with van der Waals surface area (Å²) in [6, 6.07) is 21.3. The van der Waals surface area contributed by atoms with Crippen LogP contribution in [0.3, 0.4) is 0 Å². The van der Waals surface area contributed by atoms with Gasteiger partial charge in [-0.15, -0.1) is 11.3 Å². The molecule has 3 aromatic heterocycles. The molecule has 2 aromatic carbocycles. The number of fused-ring (bicyclic) bond motifs is 2. The summed E-state index contributed by atoms with van der Waals surface area (Å²) in [4.78, 5) is 12.7. The molecule has 0 aliphatic heterocycles. The van der Waals surface area contributed by atoms with Gasteiger partial charge in [0.1, 0.15) is 6.33 Å². The van der Waals surface area contributed by atoms with Gasteiger partial charge in [0.05, 0.1) is 10.2 Å². The van der Waals surface area contributed by atoms with Crippen molar-refractivity contribution in [2.45, 2.75) is 26.8 Å². The summed E-state index contributed by atoms with van der Waals surface area (Å²) in [5.74, 6) is 0.852. The highest BCUT2D eigenvalue weighted by Gasteiger charge is 2.11. The maximum Gasteiger partial charge on any atom is 0.151 e. The van der Waals surface area contributed by atoms with Crippen LogP contribution in [0.15, 0.2) is 73.2 Å². The van der Waals surface area contributed by atoms with Crippen molar-refractivity contribution in [2.75, 3.05) is 25.0 Å². The molecule has 0 bridgehead atoms. The van der Waals surface area contributed by atoms with Crippen LogP contribution in [0.4, 0.5) is 11.5 Å². The number of nitrogens with one attached hydrogen (secondary N) is 1. The third-order valence-corrected chi connectivity index (χ3v) is 7.35. The van der Waals surface area contributed by atoms with Gasteiger partial charge >= 0.3 is 0 Å². The quantitative estimate of drug-likeness (QED) is 0.266. The Morgan fingerprint density at radius 2 is 1.82 bits per heavy atom. The van der Waals surface area contributed by atoms with Crippen LogP contribution in [0.25, 0.3) is 31.6 Å². The van der Waals surface area contributed by atoms with Gasteiger partial charge in [-0.3, -0.25) is 0 Å². The summed E-state index contributed by atoms with van der Waals surface area (Å²) in [5, 5.41) is 4.77. The lowest BCUT2D eigenvalue weighted by Crippen LogP contribution is -2.24. The summed E-state index contributed by atoms with van der Waals surface area (Å²) in [6.45, 7) is 8.87. The second-order valence-corrected chi connectivity index (χ2v) is 9.25. The van der Waals surface area contributed by atoms with Crippen molar-refractivity contribution in [1.29, 1.82) is 0 Å². The van der Waals surface area contributed by atoms with Crippen molar-refractivity contribution in [3.05, 3.63) is 73.2 Å². The Hall–Kier alpha value is -3.22. The highest BCUT2D eigenvalue weighted by atomic mass is 32.1. The molecule has 0 amide bonds. The fourth-order valence-corrected chi connectivity index (χ4v) is 5.36. The van der Waals surface area contributed by atoms with Crippen molar-refractivity contribution in [2.24, 2.45) is 0 Å². The van der Waals surface area contributed by atoms with Crippen molar-refractivity contribution in [1.82, 2.24) is 19.4 Å². The first-order valence-electron chi connectivity index (χ1n) is 11.6. The Morgan fingerprint density at radius 1 is 0.970 bits per heavy atom. The monoisotopic (exact) mass is 455 g/mol. The zero-order valence-electron chi connectivity index (χ0n) is 19.2. The molecule has 0 saturated heterocycles. The van der Waals surface area contributed by atoms with E-state index in [2.05, 4.69) is 99.4 Å². The van der Waals surface area contributed by atoms with E-state index in [0.717, 1.165) is 54.3 Å². The van der Waals surface area contributed by atoms with Crippen LogP contribution in [0.5, 0.6) is 0 Å². The van der Waals surface area contributed by atoms with Crippen molar-refractivity contribution in [3.8, 4) is 10.4 Å². The second kappa shape index (κ2) is 9.73. The molecule has 1 N–H and O–H groups in total. The van der Waals surface area contributed by atoms with Gasteiger partial charge in [-0.1, -0.05) is 44.2 Å². The zero-order valence-corrected chi connectivity index (χ0v) is 20.0. The van der Waals surface area contributed by atoms with Gasteiger partial charge < -0.3 is 14.8 Å². The highest BCUT2D eigenvalue weighted by Crippen LogP contribution is 2.36. The maximum atomic E-state index is 4.55. The highest BCUT2D eigenvalue weighted by molar-refractivity contribution is 7.22. The number of aryl methyl sites for hydroxylation is 1. The standard InChI is InChI=1S/C27H29N5S/c1-3-31(4-2)14-8-15-32-16-13-21-17-22(11-12-24(21)32)30-27-26-23(28-19-29-27)18-25(33-26)20-9-6-5-7-10-20/h5-7,9-13,16-19H,3-4,8,14-15H2,1-2H3,(H,28,29,30). The number of nitrogens with zero attached hydrogens (tertiary/aromatic N) is 4. The fourth-order valence-electron chi connectivity index (χ4n) is 4.30. The van der Waals surface area contributed by atoms with Gasteiger partial charge in [0.15, 0.2) is 5.82 Å². The molecule has 0 radical (unpaired) electrons. The van der Waals surface area contributed by atoms with E-state index in [1.165, 1.54) is 21.3 Å². The minimum absolute atomic E-state index is 0.852. The Labute approximate surface area is 198 Å². The van der Waals surface area contributed by atoms with Gasteiger partial charge in [0.25, 0.3) is 0 Å². The molecule has 3 heterocycles. The lowest BCUT2D eigenvalue weighted by atomic mass is 10.2. The maximum absolute atomic E-state index is 4.55. The van der Waals surface area contributed by atoms with E-state index in [4.69, 9.17) is 0 Å². The van der Waals surface area contributed by atoms with Crippen LogP contribution < -0.4 is 5.32 Å². The van der Waals surface area contributed by atoms with E-state index in [1.807, 2.05) is 6.07 Å². The van der Waals surface area contributed by atoms with E-state index >= 15 is 0 Å². The summed E-state index contributed by atoms with van der Waals surface area (Å²) in [5.41, 5.74) is 4.49. The minimum atomic E-state index is 0.852. The average molecular weight is 456 g/mol. The number of thiophene rings is 1. The predicted octanol–water partition coefficient (Wildman–Crippen LogP) is 6.79. The van der Waals surface area contributed by atoms with Crippen LogP contribution in [0, 0.1) is 0 Å². The summed E-state index contributed by atoms with van der Waals surface area (Å²) >= 11 is 1.72. The molecule has 168 valence electrons. The van der Waals surface area contributed by atoms with Crippen LogP contribution in [-0.2, 0) is 6.54 Å². The van der Waals surface area contributed by atoms with E-state index in [9.17, 15) is 0 Å². The molecular formula is C27H29N5S. The number of hydrogen-bond donors (Lipinski definition) is 1. The Kier molecular flexibility index (Phi) is 6.37. The molecule has 33 heavy (non-hydrogen) atoms.